The van der Waals surface area contributed by atoms with Crippen molar-refractivity contribution < 1.29 is 4.74 Å². The molecule has 0 radical (unpaired) electrons. The van der Waals surface area contributed by atoms with Crippen LogP contribution in [0, 0.1) is 11.3 Å². The highest BCUT2D eigenvalue weighted by Gasteiger charge is 2.03. The Hall–Kier alpha value is -2.08. The van der Waals surface area contributed by atoms with E-state index >= 15 is 0 Å². The van der Waals surface area contributed by atoms with Gasteiger partial charge < -0.3 is 4.74 Å². The van der Waals surface area contributed by atoms with Gasteiger partial charge in [0.2, 0.25) is 0 Å². The molecule has 0 atom stereocenters. The lowest BCUT2D eigenvalue weighted by Gasteiger charge is -2.03. The van der Waals surface area contributed by atoms with Crippen LogP contribution in [0.3, 0.4) is 0 Å². The Labute approximate surface area is 81.6 Å². The molecule has 3 nitrogen and oxygen atoms in total. The van der Waals surface area contributed by atoms with Crippen molar-refractivity contribution in [1.82, 2.24) is 4.98 Å². The normalized spacial score (nSPS) is 9.71. The molecule has 14 heavy (non-hydrogen) atoms. The minimum Gasteiger partial charge on any atom is -0.497 e. The van der Waals surface area contributed by atoms with Crippen molar-refractivity contribution in [3.63, 3.8) is 0 Å². The van der Waals surface area contributed by atoms with Crippen LogP contribution in [0.15, 0.2) is 30.5 Å². The monoisotopic (exact) mass is 184 g/mol. The lowest BCUT2D eigenvalue weighted by Crippen LogP contribution is -1.87. The van der Waals surface area contributed by atoms with E-state index in [9.17, 15) is 0 Å². The van der Waals surface area contributed by atoms with E-state index in [1.54, 1.807) is 19.4 Å². The molecular weight excluding hydrogens is 176 g/mol. The molecule has 0 amide bonds. The molecule has 0 unspecified atom stereocenters. The molecule has 0 saturated carbocycles. The van der Waals surface area contributed by atoms with Gasteiger partial charge in [0, 0.05) is 17.6 Å². The summed E-state index contributed by atoms with van der Waals surface area (Å²) < 4.78 is 5.07. The summed E-state index contributed by atoms with van der Waals surface area (Å²) in [6, 6.07) is 9.34. The number of rotatable bonds is 1. The first-order valence-corrected chi connectivity index (χ1v) is 4.18. The molecular formula is C11H8N2O. The predicted molar refractivity (Wildman–Crippen MR) is 53.0 cm³/mol. The van der Waals surface area contributed by atoms with Gasteiger partial charge in [-0.3, -0.25) is 4.98 Å². The zero-order valence-electron chi connectivity index (χ0n) is 7.69. The summed E-state index contributed by atoms with van der Waals surface area (Å²) >= 11 is 0. The summed E-state index contributed by atoms with van der Waals surface area (Å²) in [5, 5.41) is 9.78. The van der Waals surface area contributed by atoms with E-state index in [4.69, 9.17) is 10.00 Å². The second-order valence-electron chi connectivity index (χ2n) is 2.86. The number of hydrogen-bond acceptors (Lipinski definition) is 3. The zero-order chi connectivity index (χ0) is 9.97. The average molecular weight is 184 g/mol. The molecule has 1 heterocycles. The van der Waals surface area contributed by atoms with E-state index in [2.05, 4.69) is 11.1 Å². The molecule has 0 bridgehead atoms. The Morgan fingerprint density at radius 2 is 2.29 bits per heavy atom. The Bertz CT molecular complexity index is 514. The van der Waals surface area contributed by atoms with Gasteiger partial charge >= 0.3 is 0 Å². The maximum atomic E-state index is 8.92. The summed E-state index contributed by atoms with van der Waals surface area (Å²) in [5.74, 6) is 0.660. The van der Waals surface area contributed by atoms with Crippen LogP contribution < -0.4 is 4.74 Å². The fourth-order valence-corrected chi connectivity index (χ4v) is 1.37. The van der Waals surface area contributed by atoms with E-state index in [1.165, 1.54) is 0 Å². The number of methoxy groups -OCH3 is 1. The second-order valence-corrected chi connectivity index (χ2v) is 2.86. The van der Waals surface area contributed by atoms with Crippen molar-refractivity contribution >= 4 is 10.9 Å². The number of nitrogens with zero attached hydrogens (tertiary/aromatic N) is 2. The quantitative estimate of drug-likeness (QED) is 0.681. The Balaban J connectivity index is 2.82. The molecule has 0 N–H and O–H groups in total. The van der Waals surface area contributed by atoms with Crippen molar-refractivity contribution in [1.29, 1.82) is 5.26 Å². The number of nitriles is 1. The van der Waals surface area contributed by atoms with Crippen LogP contribution >= 0.6 is 0 Å². The third-order valence-corrected chi connectivity index (χ3v) is 2.05. The van der Waals surface area contributed by atoms with Gasteiger partial charge in [-0.25, -0.2) is 0 Å². The lowest BCUT2D eigenvalue weighted by atomic mass is 10.1. The van der Waals surface area contributed by atoms with Gasteiger partial charge in [-0.2, -0.15) is 5.26 Å². The molecule has 1 aromatic carbocycles. The third kappa shape index (κ3) is 1.27. The highest BCUT2D eigenvalue weighted by Crippen LogP contribution is 2.22. The van der Waals surface area contributed by atoms with Gasteiger partial charge in [0.15, 0.2) is 0 Å². The number of pyridine rings is 1. The smallest absolute Gasteiger partial charge is 0.122 e. The molecule has 0 spiro atoms. The van der Waals surface area contributed by atoms with Gasteiger partial charge in [-0.15, -0.1) is 0 Å². The predicted octanol–water partition coefficient (Wildman–Crippen LogP) is 2.12. The first-order valence-electron chi connectivity index (χ1n) is 4.18. The van der Waals surface area contributed by atoms with Gasteiger partial charge in [0.05, 0.1) is 24.3 Å². The molecule has 0 fully saturated rings. The largest absolute Gasteiger partial charge is 0.497 e. The second kappa shape index (κ2) is 3.35. The molecule has 68 valence electrons. The zero-order valence-corrected chi connectivity index (χ0v) is 7.69. The van der Waals surface area contributed by atoms with Crippen molar-refractivity contribution in [2.45, 2.75) is 0 Å². The van der Waals surface area contributed by atoms with E-state index in [-0.39, 0.29) is 0 Å². The fraction of sp³-hybridized carbons (Fsp3) is 0.0909. The number of ether oxygens (including phenoxy) is 1. The number of fused-ring (bicyclic) bond motifs is 1. The van der Waals surface area contributed by atoms with Crippen LogP contribution in [0.25, 0.3) is 10.9 Å². The van der Waals surface area contributed by atoms with Crippen LogP contribution in [0.5, 0.6) is 5.75 Å². The van der Waals surface area contributed by atoms with Crippen LogP contribution in [-0.4, -0.2) is 12.1 Å². The van der Waals surface area contributed by atoms with Crippen LogP contribution in [-0.2, 0) is 0 Å². The van der Waals surface area contributed by atoms with Crippen LogP contribution in [0.4, 0.5) is 0 Å². The third-order valence-electron chi connectivity index (χ3n) is 2.05. The number of hydrogen-bond donors (Lipinski definition) is 0. The van der Waals surface area contributed by atoms with Gasteiger partial charge in [-0.05, 0) is 18.2 Å². The summed E-state index contributed by atoms with van der Waals surface area (Å²) in [4.78, 5) is 4.17. The standard InChI is InChI=1S/C11H8N2O/c1-14-9-5-8(7-12)10-3-2-4-13-11(10)6-9/h2-6H,1H3. The molecule has 3 heteroatoms. The maximum absolute atomic E-state index is 8.92. The first-order chi connectivity index (χ1) is 6.85. The van der Waals surface area contributed by atoms with E-state index in [1.807, 2.05) is 18.2 Å². The Morgan fingerprint density at radius 1 is 1.43 bits per heavy atom. The van der Waals surface area contributed by atoms with Crippen molar-refractivity contribution in [3.05, 3.63) is 36.0 Å². The van der Waals surface area contributed by atoms with Crippen molar-refractivity contribution in [2.75, 3.05) is 7.11 Å². The molecule has 2 rings (SSSR count). The minimum atomic E-state index is 0.590. The fourth-order valence-electron chi connectivity index (χ4n) is 1.37. The maximum Gasteiger partial charge on any atom is 0.122 e. The van der Waals surface area contributed by atoms with Gasteiger partial charge in [-0.1, -0.05) is 0 Å². The van der Waals surface area contributed by atoms with Gasteiger partial charge in [0.1, 0.15) is 5.75 Å². The number of aromatic nitrogens is 1. The highest BCUT2D eigenvalue weighted by atomic mass is 16.5. The summed E-state index contributed by atoms with van der Waals surface area (Å²) in [6.45, 7) is 0. The summed E-state index contributed by atoms with van der Waals surface area (Å²) in [5.41, 5.74) is 1.37. The first kappa shape index (κ1) is 8.52. The SMILES string of the molecule is COc1cc(C#N)c2cccnc2c1. The summed E-state index contributed by atoms with van der Waals surface area (Å²) in [7, 11) is 1.57. The summed E-state index contributed by atoms with van der Waals surface area (Å²) in [6.07, 6.45) is 1.70. The Kier molecular flexibility index (Phi) is 2.04. The van der Waals surface area contributed by atoms with Crippen LogP contribution in [0.1, 0.15) is 5.56 Å². The van der Waals surface area contributed by atoms with E-state index in [0.717, 1.165) is 10.9 Å². The Morgan fingerprint density at radius 3 is 3.00 bits per heavy atom. The molecule has 1 aromatic heterocycles. The molecule has 0 saturated heterocycles. The topological polar surface area (TPSA) is 45.9 Å². The number of benzene rings is 1. The van der Waals surface area contributed by atoms with E-state index < -0.39 is 0 Å². The highest BCUT2D eigenvalue weighted by molar-refractivity contribution is 5.85. The average Bonchev–Trinajstić information content (AvgIpc) is 2.27. The van der Waals surface area contributed by atoms with E-state index in [0.29, 0.717) is 11.3 Å². The van der Waals surface area contributed by atoms with Crippen LogP contribution in [0.2, 0.25) is 0 Å². The molecule has 0 aliphatic rings. The molecule has 0 aliphatic heterocycles. The minimum absolute atomic E-state index is 0.590. The van der Waals surface area contributed by atoms with Crippen molar-refractivity contribution in [2.24, 2.45) is 0 Å². The lowest BCUT2D eigenvalue weighted by molar-refractivity contribution is 0.415. The van der Waals surface area contributed by atoms with Gasteiger partial charge in [0.25, 0.3) is 0 Å². The van der Waals surface area contributed by atoms with Crippen molar-refractivity contribution in [3.8, 4) is 11.8 Å². The molecule has 2 aromatic rings. The molecule has 0 aliphatic carbocycles.